The minimum absolute atomic E-state index is 0.0519. The molecule has 1 aromatic rings. The Hall–Kier alpha value is -2.12. The fourth-order valence-corrected chi connectivity index (χ4v) is 2.60. The molecule has 0 spiro atoms. The maximum Gasteiger partial charge on any atom is 0.317 e. The molecule has 1 aromatic carbocycles. The standard InChI is InChI=1S/C16H22N2O5/c1-17(11-15(19)20)9-14-10-18(6-7-23-14)16(21)12-4-3-5-13(8-12)22-2/h3-5,8,14H,6-7,9-11H2,1-2H3,(H,19,20). The van der Waals surface area contributed by atoms with Crippen molar-refractivity contribution in [1.82, 2.24) is 9.80 Å². The average molecular weight is 322 g/mol. The molecule has 7 nitrogen and oxygen atoms in total. The minimum atomic E-state index is -0.882. The van der Waals surface area contributed by atoms with Crippen LogP contribution in [-0.4, -0.2) is 79.8 Å². The van der Waals surface area contributed by atoms with Crippen molar-refractivity contribution in [2.45, 2.75) is 6.10 Å². The molecule has 1 unspecified atom stereocenters. The van der Waals surface area contributed by atoms with Gasteiger partial charge in [-0.3, -0.25) is 14.5 Å². The molecule has 1 atom stereocenters. The first-order valence-corrected chi connectivity index (χ1v) is 7.45. The Bertz CT molecular complexity index is 563. The SMILES string of the molecule is COc1cccc(C(=O)N2CCOC(CN(C)CC(=O)O)C2)c1. The van der Waals surface area contributed by atoms with Gasteiger partial charge >= 0.3 is 5.97 Å². The molecule has 0 aromatic heterocycles. The van der Waals surface area contributed by atoms with Gasteiger partial charge in [0, 0.05) is 25.2 Å². The number of methoxy groups -OCH3 is 1. The first-order chi connectivity index (χ1) is 11.0. The molecule has 0 radical (unpaired) electrons. The summed E-state index contributed by atoms with van der Waals surface area (Å²) < 4.78 is 10.8. The van der Waals surface area contributed by atoms with E-state index in [4.69, 9.17) is 14.6 Å². The molecule has 1 heterocycles. The molecule has 7 heteroatoms. The van der Waals surface area contributed by atoms with E-state index in [1.54, 1.807) is 48.2 Å². The van der Waals surface area contributed by atoms with Crippen molar-refractivity contribution in [1.29, 1.82) is 0 Å². The normalized spacial score (nSPS) is 18.0. The summed E-state index contributed by atoms with van der Waals surface area (Å²) in [4.78, 5) is 26.7. The maximum atomic E-state index is 12.6. The highest BCUT2D eigenvalue weighted by molar-refractivity contribution is 5.94. The lowest BCUT2D eigenvalue weighted by Gasteiger charge is -2.34. The van der Waals surface area contributed by atoms with Crippen LogP contribution in [0.25, 0.3) is 0 Å². The van der Waals surface area contributed by atoms with Gasteiger partial charge in [-0.1, -0.05) is 6.07 Å². The van der Waals surface area contributed by atoms with Crippen molar-refractivity contribution in [3.8, 4) is 5.75 Å². The molecule has 1 saturated heterocycles. The lowest BCUT2D eigenvalue weighted by Crippen LogP contribution is -2.49. The van der Waals surface area contributed by atoms with E-state index >= 15 is 0 Å². The quantitative estimate of drug-likeness (QED) is 0.824. The van der Waals surface area contributed by atoms with Gasteiger partial charge in [-0.05, 0) is 25.2 Å². The number of aliphatic carboxylic acids is 1. The number of ether oxygens (including phenoxy) is 2. The first-order valence-electron chi connectivity index (χ1n) is 7.45. The summed E-state index contributed by atoms with van der Waals surface area (Å²) in [5.74, 6) is -0.312. The van der Waals surface area contributed by atoms with E-state index in [0.29, 0.717) is 37.6 Å². The van der Waals surface area contributed by atoms with Gasteiger partial charge in [0.1, 0.15) is 5.75 Å². The Morgan fingerprint density at radius 1 is 1.48 bits per heavy atom. The van der Waals surface area contributed by atoms with E-state index < -0.39 is 5.97 Å². The number of carboxylic acid groups (broad SMARTS) is 1. The molecule has 0 aliphatic carbocycles. The summed E-state index contributed by atoms with van der Waals surface area (Å²) in [7, 11) is 3.28. The van der Waals surface area contributed by atoms with Crippen LogP contribution in [0.4, 0.5) is 0 Å². The summed E-state index contributed by atoms with van der Waals surface area (Å²) in [5.41, 5.74) is 0.573. The number of benzene rings is 1. The van der Waals surface area contributed by atoms with E-state index in [1.165, 1.54) is 0 Å². The summed E-state index contributed by atoms with van der Waals surface area (Å²) in [5, 5.41) is 8.79. The van der Waals surface area contributed by atoms with Crippen LogP contribution in [0.2, 0.25) is 0 Å². The summed E-state index contributed by atoms with van der Waals surface area (Å²) in [6.07, 6.45) is -0.192. The zero-order valence-corrected chi connectivity index (χ0v) is 13.4. The van der Waals surface area contributed by atoms with Crippen LogP contribution in [0.3, 0.4) is 0 Å². The van der Waals surface area contributed by atoms with Crippen molar-refractivity contribution in [2.24, 2.45) is 0 Å². The van der Waals surface area contributed by atoms with Crippen LogP contribution in [0.1, 0.15) is 10.4 Å². The summed E-state index contributed by atoms with van der Waals surface area (Å²) >= 11 is 0. The van der Waals surface area contributed by atoms with Crippen molar-refractivity contribution >= 4 is 11.9 Å². The van der Waals surface area contributed by atoms with E-state index in [2.05, 4.69) is 0 Å². The number of amides is 1. The maximum absolute atomic E-state index is 12.6. The van der Waals surface area contributed by atoms with Crippen molar-refractivity contribution in [3.05, 3.63) is 29.8 Å². The van der Waals surface area contributed by atoms with Crippen molar-refractivity contribution in [2.75, 3.05) is 46.9 Å². The number of likely N-dealkylation sites (N-methyl/N-ethyl adjacent to an activating group) is 1. The second kappa shape index (κ2) is 7.94. The Balaban J connectivity index is 1.97. The molecule has 1 aliphatic heterocycles. The van der Waals surface area contributed by atoms with Gasteiger partial charge in [0.05, 0.1) is 26.4 Å². The number of rotatable bonds is 6. The Kier molecular flexibility index (Phi) is 5.95. The van der Waals surface area contributed by atoms with Gasteiger partial charge in [-0.2, -0.15) is 0 Å². The Morgan fingerprint density at radius 2 is 2.26 bits per heavy atom. The van der Waals surface area contributed by atoms with E-state index in [9.17, 15) is 9.59 Å². The molecular weight excluding hydrogens is 300 g/mol. The Morgan fingerprint density at radius 3 is 2.96 bits per heavy atom. The van der Waals surface area contributed by atoms with Gasteiger partial charge in [0.2, 0.25) is 0 Å². The number of carbonyl (C=O) groups excluding carboxylic acids is 1. The van der Waals surface area contributed by atoms with Crippen LogP contribution in [0, 0.1) is 0 Å². The molecule has 1 fully saturated rings. The molecule has 23 heavy (non-hydrogen) atoms. The van der Waals surface area contributed by atoms with Crippen molar-refractivity contribution < 1.29 is 24.2 Å². The van der Waals surface area contributed by atoms with E-state index in [0.717, 1.165) is 0 Å². The fraction of sp³-hybridized carbons (Fsp3) is 0.500. The predicted molar refractivity (Wildman–Crippen MR) is 83.8 cm³/mol. The number of hydrogen-bond donors (Lipinski definition) is 1. The highest BCUT2D eigenvalue weighted by atomic mass is 16.5. The number of hydrogen-bond acceptors (Lipinski definition) is 5. The summed E-state index contributed by atoms with van der Waals surface area (Å²) in [6, 6.07) is 7.04. The van der Waals surface area contributed by atoms with Crippen LogP contribution in [0.15, 0.2) is 24.3 Å². The number of carboxylic acids is 1. The zero-order chi connectivity index (χ0) is 16.8. The third-order valence-corrected chi connectivity index (χ3v) is 3.66. The molecule has 1 aliphatic rings. The van der Waals surface area contributed by atoms with Crippen LogP contribution in [0.5, 0.6) is 5.75 Å². The van der Waals surface area contributed by atoms with E-state index in [-0.39, 0.29) is 18.6 Å². The average Bonchev–Trinajstić information content (AvgIpc) is 2.53. The Labute approximate surface area is 135 Å². The topological polar surface area (TPSA) is 79.3 Å². The van der Waals surface area contributed by atoms with Gasteiger partial charge in [-0.15, -0.1) is 0 Å². The van der Waals surface area contributed by atoms with E-state index in [1.807, 2.05) is 0 Å². The van der Waals surface area contributed by atoms with Crippen molar-refractivity contribution in [3.63, 3.8) is 0 Å². The van der Waals surface area contributed by atoms with Gasteiger partial charge in [-0.25, -0.2) is 0 Å². The molecule has 126 valence electrons. The molecule has 1 amide bonds. The van der Waals surface area contributed by atoms with Gasteiger partial charge in [0.25, 0.3) is 5.91 Å². The second-order valence-corrected chi connectivity index (χ2v) is 5.57. The number of morpholine rings is 1. The molecule has 0 saturated carbocycles. The predicted octanol–water partition coefficient (Wildman–Crippen LogP) is 0.553. The molecule has 1 N–H and O–H groups in total. The number of nitrogens with zero attached hydrogens (tertiary/aromatic N) is 2. The van der Waals surface area contributed by atoms with Gasteiger partial charge < -0.3 is 19.5 Å². The lowest BCUT2D eigenvalue weighted by molar-refractivity contribution is -0.138. The largest absolute Gasteiger partial charge is 0.497 e. The zero-order valence-electron chi connectivity index (χ0n) is 13.4. The summed E-state index contributed by atoms with van der Waals surface area (Å²) in [6.45, 7) is 1.83. The smallest absolute Gasteiger partial charge is 0.317 e. The highest BCUT2D eigenvalue weighted by Crippen LogP contribution is 2.16. The monoisotopic (exact) mass is 322 g/mol. The molecule has 0 bridgehead atoms. The second-order valence-electron chi connectivity index (χ2n) is 5.57. The third-order valence-electron chi connectivity index (χ3n) is 3.66. The number of carbonyl (C=O) groups is 2. The highest BCUT2D eigenvalue weighted by Gasteiger charge is 2.26. The van der Waals surface area contributed by atoms with Gasteiger partial charge in [0.15, 0.2) is 0 Å². The van der Waals surface area contributed by atoms with Crippen LogP contribution in [-0.2, 0) is 9.53 Å². The van der Waals surface area contributed by atoms with Crippen LogP contribution >= 0.6 is 0 Å². The van der Waals surface area contributed by atoms with Crippen LogP contribution < -0.4 is 4.74 Å². The lowest BCUT2D eigenvalue weighted by atomic mass is 10.1. The third kappa shape index (κ3) is 4.94. The fourth-order valence-electron chi connectivity index (χ4n) is 2.60. The minimum Gasteiger partial charge on any atom is -0.497 e. The first kappa shape index (κ1) is 17.2. The molecular formula is C16H22N2O5. The molecule has 2 rings (SSSR count).